The minimum atomic E-state index is 0.0335. The first-order chi connectivity index (χ1) is 9.11. The summed E-state index contributed by atoms with van der Waals surface area (Å²) in [6, 6.07) is 12.6. The summed E-state index contributed by atoms with van der Waals surface area (Å²) in [7, 11) is 0. The van der Waals surface area contributed by atoms with Gasteiger partial charge in [-0.3, -0.25) is 0 Å². The smallest absolute Gasteiger partial charge is 0.171 e. The summed E-state index contributed by atoms with van der Waals surface area (Å²) < 4.78 is 0. The summed E-state index contributed by atoms with van der Waals surface area (Å²) in [5, 5.41) is 13.0. The van der Waals surface area contributed by atoms with E-state index in [1.54, 1.807) is 24.3 Å². The quantitative estimate of drug-likeness (QED) is 0.386. The van der Waals surface area contributed by atoms with Crippen LogP contribution in [0, 0.1) is 0 Å². The van der Waals surface area contributed by atoms with Crippen molar-refractivity contribution in [3.05, 3.63) is 58.1 Å². The number of amidine groups is 1. The standard InChI is InChI=1S/C13H10Cl2N2OS/c14-8-5-6-9(13(16)17-18)12(7-8)19-11-4-2-1-3-10(11)15/h1-7,18H,(H2,16,17). The highest BCUT2D eigenvalue weighted by Gasteiger charge is 2.11. The molecule has 3 nitrogen and oxygen atoms in total. The molecule has 0 bridgehead atoms. The summed E-state index contributed by atoms with van der Waals surface area (Å²) in [4.78, 5) is 1.65. The molecule has 6 heteroatoms. The molecule has 0 fully saturated rings. The molecule has 0 aliphatic heterocycles. The van der Waals surface area contributed by atoms with Gasteiger partial charge in [0.05, 0.1) is 5.02 Å². The van der Waals surface area contributed by atoms with E-state index >= 15 is 0 Å². The van der Waals surface area contributed by atoms with Crippen molar-refractivity contribution in [1.82, 2.24) is 0 Å². The predicted octanol–water partition coefficient (Wildman–Crippen LogP) is 4.24. The average molecular weight is 313 g/mol. The Morgan fingerprint density at radius 2 is 1.84 bits per heavy atom. The number of oxime groups is 1. The molecule has 0 radical (unpaired) electrons. The molecule has 0 saturated heterocycles. The van der Waals surface area contributed by atoms with Gasteiger partial charge in [-0.05, 0) is 30.3 Å². The van der Waals surface area contributed by atoms with Crippen LogP contribution in [-0.2, 0) is 0 Å². The Balaban J connectivity index is 2.44. The molecule has 2 rings (SSSR count). The zero-order valence-electron chi connectivity index (χ0n) is 9.68. The van der Waals surface area contributed by atoms with Crippen LogP contribution in [-0.4, -0.2) is 11.0 Å². The van der Waals surface area contributed by atoms with Gasteiger partial charge in [0.1, 0.15) is 0 Å². The maximum atomic E-state index is 8.80. The number of rotatable bonds is 3. The Bertz CT molecular complexity index is 632. The molecule has 0 spiro atoms. The number of nitrogens with two attached hydrogens (primary N) is 1. The Labute approximate surface area is 125 Å². The Hall–Kier alpha value is -1.36. The summed E-state index contributed by atoms with van der Waals surface area (Å²) in [5.74, 6) is 0.0335. The zero-order chi connectivity index (χ0) is 13.8. The fourth-order valence-corrected chi connectivity index (χ4v) is 3.00. The van der Waals surface area contributed by atoms with E-state index in [1.807, 2.05) is 18.2 Å². The first-order valence-corrected chi connectivity index (χ1v) is 6.89. The van der Waals surface area contributed by atoms with Crippen molar-refractivity contribution < 1.29 is 5.21 Å². The Morgan fingerprint density at radius 3 is 2.53 bits per heavy atom. The second-order valence-electron chi connectivity index (χ2n) is 3.66. The van der Waals surface area contributed by atoms with E-state index < -0.39 is 0 Å². The third-order valence-corrected chi connectivity index (χ3v) is 4.19. The zero-order valence-corrected chi connectivity index (χ0v) is 12.0. The second kappa shape index (κ2) is 6.19. The van der Waals surface area contributed by atoms with Crippen LogP contribution >= 0.6 is 35.0 Å². The van der Waals surface area contributed by atoms with E-state index in [0.29, 0.717) is 15.6 Å². The van der Waals surface area contributed by atoms with Gasteiger partial charge < -0.3 is 10.9 Å². The molecule has 0 atom stereocenters. The Morgan fingerprint density at radius 1 is 1.11 bits per heavy atom. The summed E-state index contributed by atoms with van der Waals surface area (Å²) >= 11 is 13.5. The molecule has 0 saturated carbocycles. The largest absolute Gasteiger partial charge is 0.409 e. The molecule has 0 amide bonds. The van der Waals surface area contributed by atoms with Crippen LogP contribution in [0.3, 0.4) is 0 Å². The molecule has 0 aliphatic carbocycles. The van der Waals surface area contributed by atoms with Crippen molar-refractivity contribution in [3.63, 3.8) is 0 Å². The van der Waals surface area contributed by atoms with Crippen molar-refractivity contribution in [2.24, 2.45) is 10.9 Å². The number of hydrogen-bond acceptors (Lipinski definition) is 3. The average Bonchev–Trinajstić information content (AvgIpc) is 2.41. The summed E-state index contributed by atoms with van der Waals surface area (Å²) in [6.07, 6.45) is 0. The lowest BCUT2D eigenvalue weighted by molar-refractivity contribution is 0.318. The van der Waals surface area contributed by atoms with Crippen LogP contribution in [0.2, 0.25) is 10.0 Å². The van der Waals surface area contributed by atoms with E-state index in [9.17, 15) is 0 Å². The number of halogens is 2. The van der Waals surface area contributed by atoms with Gasteiger partial charge in [0, 0.05) is 20.4 Å². The van der Waals surface area contributed by atoms with Crippen molar-refractivity contribution >= 4 is 40.8 Å². The van der Waals surface area contributed by atoms with Crippen molar-refractivity contribution in [2.75, 3.05) is 0 Å². The lowest BCUT2D eigenvalue weighted by Crippen LogP contribution is -2.14. The maximum absolute atomic E-state index is 8.80. The first-order valence-electron chi connectivity index (χ1n) is 5.31. The number of hydrogen-bond donors (Lipinski definition) is 2. The minimum absolute atomic E-state index is 0.0335. The van der Waals surface area contributed by atoms with E-state index in [0.717, 1.165) is 9.79 Å². The molecule has 3 N–H and O–H groups in total. The molecule has 2 aromatic rings. The van der Waals surface area contributed by atoms with Crippen LogP contribution < -0.4 is 5.73 Å². The topological polar surface area (TPSA) is 58.6 Å². The van der Waals surface area contributed by atoms with Crippen molar-refractivity contribution in [1.29, 1.82) is 0 Å². The first kappa shape index (κ1) is 14.1. The van der Waals surface area contributed by atoms with Crippen LogP contribution in [0.25, 0.3) is 0 Å². The fraction of sp³-hybridized carbons (Fsp3) is 0. The molecule has 2 aromatic carbocycles. The highest BCUT2D eigenvalue weighted by atomic mass is 35.5. The van der Waals surface area contributed by atoms with E-state index in [1.165, 1.54) is 11.8 Å². The third-order valence-electron chi connectivity index (χ3n) is 2.38. The molecular formula is C13H10Cl2N2OS. The van der Waals surface area contributed by atoms with Crippen molar-refractivity contribution in [3.8, 4) is 0 Å². The van der Waals surface area contributed by atoms with Crippen molar-refractivity contribution in [2.45, 2.75) is 9.79 Å². The molecular weight excluding hydrogens is 303 g/mol. The predicted molar refractivity (Wildman–Crippen MR) is 79.5 cm³/mol. The summed E-state index contributed by atoms with van der Waals surface area (Å²) in [5.41, 5.74) is 6.26. The monoisotopic (exact) mass is 312 g/mol. The highest BCUT2D eigenvalue weighted by molar-refractivity contribution is 7.99. The van der Waals surface area contributed by atoms with Crippen LogP contribution in [0.15, 0.2) is 57.4 Å². The lowest BCUT2D eigenvalue weighted by Gasteiger charge is -2.09. The third kappa shape index (κ3) is 3.35. The molecule has 19 heavy (non-hydrogen) atoms. The van der Waals surface area contributed by atoms with E-state index in [4.69, 9.17) is 34.1 Å². The van der Waals surface area contributed by atoms with Gasteiger partial charge in [0.2, 0.25) is 0 Å². The Kier molecular flexibility index (Phi) is 4.58. The van der Waals surface area contributed by atoms with Crippen LogP contribution in [0.5, 0.6) is 0 Å². The van der Waals surface area contributed by atoms with Crippen LogP contribution in [0.1, 0.15) is 5.56 Å². The molecule has 0 aliphatic rings. The van der Waals surface area contributed by atoms with E-state index in [-0.39, 0.29) is 5.84 Å². The maximum Gasteiger partial charge on any atom is 0.171 e. The van der Waals surface area contributed by atoms with Gasteiger partial charge in [-0.25, -0.2) is 0 Å². The van der Waals surface area contributed by atoms with Gasteiger partial charge in [0.15, 0.2) is 5.84 Å². The van der Waals surface area contributed by atoms with Gasteiger partial charge in [-0.1, -0.05) is 52.3 Å². The molecule has 0 unspecified atom stereocenters. The lowest BCUT2D eigenvalue weighted by atomic mass is 10.2. The SMILES string of the molecule is NC(=NO)c1ccc(Cl)cc1Sc1ccccc1Cl. The summed E-state index contributed by atoms with van der Waals surface area (Å²) in [6.45, 7) is 0. The number of nitrogens with zero attached hydrogens (tertiary/aromatic N) is 1. The second-order valence-corrected chi connectivity index (χ2v) is 5.59. The molecule has 0 aromatic heterocycles. The fourth-order valence-electron chi connectivity index (χ4n) is 1.49. The van der Waals surface area contributed by atoms with Gasteiger partial charge in [-0.15, -0.1) is 0 Å². The van der Waals surface area contributed by atoms with E-state index in [2.05, 4.69) is 5.16 Å². The highest BCUT2D eigenvalue weighted by Crippen LogP contribution is 2.36. The van der Waals surface area contributed by atoms with Gasteiger partial charge in [-0.2, -0.15) is 0 Å². The molecule has 98 valence electrons. The normalized spacial score (nSPS) is 11.6. The number of benzene rings is 2. The van der Waals surface area contributed by atoms with Crippen LogP contribution in [0.4, 0.5) is 0 Å². The molecule has 0 heterocycles. The van der Waals surface area contributed by atoms with Gasteiger partial charge >= 0.3 is 0 Å². The van der Waals surface area contributed by atoms with Gasteiger partial charge in [0.25, 0.3) is 0 Å². The minimum Gasteiger partial charge on any atom is -0.409 e.